The number of likely N-dealkylation sites (tertiary alicyclic amines) is 1. The fraction of sp³-hybridized carbons (Fsp3) is 0.556. The van der Waals surface area contributed by atoms with Crippen LogP contribution in [-0.2, 0) is 33.2 Å². The number of carbonyl (C=O) groups is 4. The Kier molecular flexibility index (Phi) is 5.40. The van der Waals surface area contributed by atoms with Crippen molar-refractivity contribution in [2.24, 2.45) is 25.9 Å². The van der Waals surface area contributed by atoms with Gasteiger partial charge in [-0.15, -0.1) is 0 Å². The second kappa shape index (κ2) is 7.64. The van der Waals surface area contributed by atoms with E-state index < -0.39 is 41.7 Å². The molecule has 1 saturated carbocycles. The number of amides is 2. The zero-order valence-corrected chi connectivity index (χ0v) is 16.2. The van der Waals surface area contributed by atoms with E-state index in [1.807, 2.05) is 0 Å². The van der Waals surface area contributed by atoms with Crippen LogP contribution in [-0.4, -0.2) is 50.8 Å². The van der Waals surface area contributed by atoms with Gasteiger partial charge in [0.1, 0.15) is 17.9 Å². The summed E-state index contributed by atoms with van der Waals surface area (Å²) in [5.74, 6) is -3.73. The highest BCUT2D eigenvalue weighted by atomic mass is 16.5. The predicted molar refractivity (Wildman–Crippen MR) is 98.8 cm³/mol. The third-order valence-corrected chi connectivity index (χ3v) is 5.57. The summed E-state index contributed by atoms with van der Waals surface area (Å²) in [5.41, 5.74) is 3.61. The van der Waals surface area contributed by atoms with Crippen molar-refractivity contribution in [3.8, 4) is 0 Å². The first-order valence-corrected chi connectivity index (χ1v) is 9.24. The molecule has 1 aliphatic heterocycles. The molecule has 11 nitrogen and oxygen atoms in total. The maximum Gasteiger partial charge on any atom is 0.332 e. The van der Waals surface area contributed by atoms with E-state index in [4.69, 9.17) is 10.5 Å². The molecule has 1 aromatic heterocycles. The minimum absolute atomic E-state index is 0.340. The number of fused-ring (bicyclic) bond motifs is 1. The number of imide groups is 1. The van der Waals surface area contributed by atoms with Crippen LogP contribution in [0.3, 0.4) is 0 Å². The zero-order chi connectivity index (χ0) is 21.5. The van der Waals surface area contributed by atoms with E-state index in [1.165, 1.54) is 14.1 Å². The molecule has 1 aliphatic carbocycles. The molecule has 2 fully saturated rings. The second-order valence-electron chi connectivity index (χ2n) is 7.31. The fourth-order valence-electron chi connectivity index (χ4n) is 3.90. The van der Waals surface area contributed by atoms with E-state index in [9.17, 15) is 28.8 Å². The van der Waals surface area contributed by atoms with E-state index >= 15 is 0 Å². The van der Waals surface area contributed by atoms with Crippen molar-refractivity contribution in [1.29, 1.82) is 0 Å². The van der Waals surface area contributed by atoms with E-state index in [0.717, 1.165) is 22.3 Å². The van der Waals surface area contributed by atoms with Crippen molar-refractivity contribution < 1.29 is 23.9 Å². The fourth-order valence-corrected chi connectivity index (χ4v) is 3.90. The standard InChI is InChI=1S/C18H22N4O7/c1-20-14(19)13(17(27)21(2)18(20)28)11(23)8-29-12(24)7-22-15(25)9-5-3-4-6-10(9)16(22)26/h9-10H,3-8,19H2,1-2H3. The Morgan fingerprint density at radius 1 is 1.00 bits per heavy atom. The average molecular weight is 406 g/mol. The van der Waals surface area contributed by atoms with Crippen LogP contribution in [0.1, 0.15) is 36.0 Å². The van der Waals surface area contributed by atoms with Crippen molar-refractivity contribution in [1.82, 2.24) is 14.0 Å². The van der Waals surface area contributed by atoms with Crippen LogP contribution in [0.2, 0.25) is 0 Å². The molecule has 0 aromatic carbocycles. The quantitative estimate of drug-likeness (QED) is 0.355. The maximum absolute atomic E-state index is 12.4. The van der Waals surface area contributed by atoms with Crippen molar-refractivity contribution in [2.75, 3.05) is 18.9 Å². The molecular formula is C18H22N4O7. The predicted octanol–water partition coefficient (Wildman–Crippen LogP) is -1.43. The summed E-state index contributed by atoms with van der Waals surface area (Å²) < 4.78 is 6.51. The molecule has 29 heavy (non-hydrogen) atoms. The number of carbonyl (C=O) groups excluding carboxylic acids is 4. The van der Waals surface area contributed by atoms with Gasteiger partial charge in [0.25, 0.3) is 5.56 Å². The smallest absolute Gasteiger partial charge is 0.332 e. The number of ketones is 1. The number of esters is 1. The summed E-state index contributed by atoms with van der Waals surface area (Å²) in [5, 5.41) is 0. The first kappa shape index (κ1) is 20.5. The topological polar surface area (TPSA) is 151 Å². The van der Waals surface area contributed by atoms with Gasteiger partial charge in [-0.2, -0.15) is 0 Å². The van der Waals surface area contributed by atoms with E-state index in [-0.39, 0.29) is 29.5 Å². The molecule has 156 valence electrons. The van der Waals surface area contributed by atoms with Crippen molar-refractivity contribution >= 4 is 29.4 Å². The largest absolute Gasteiger partial charge is 0.456 e. The molecule has 1 saturated heterocycles. The minimum Gasteiger partial charge on any atom is -0.456 e. The molecule has 0 radical (unpaired) electrons. The Balaban J connectivity index is 1.67. The number of aromatic nitrogens is 2. The molecule has 0 bridgehead atoms. The van der Waals surface area contributed by atoms with Crippen molar-refractivity contribution in [3.63, 3.8) is 0 Å². The highest BCUT2D eigenvalue weighted by molar-refractivity contribution is 6.07. The number of hydrogen-bond acceptors (Lipinski definition) is 8. The lowest BCUT2D eigenvalue weighted by atomic mass is 9.81. The molecule has 0 spiro atoms. The Morgan fingerprint density at radius 2 is 1.55 bits per heavy atom. The minimum atomic E-state index is -0.945. The third-order valence-electron chi connectivity index (χ3n) is 5.57. The lowest BCUT2D eigenvalue weighted by Gasteiger charge is -2.19. The monoisotopic (exact) mass is 406 g/mol. The first-order chi connectivity index (χ1) is 13.6. The zero-order valence-electron chi connectivity index (χ0n) is 16.2. The normalized spacial score (nSPS) is 21.2. The molecule has 2 unspecified atom stereocenters. The van der Waals surface area contributed by atoms with Gasteiger partial charge in [0.05, 0.1) is 11.8 Å². The number of hydrogen-bond donors (Lipinski definition) is 1. The second-order valence-corrected chi connectivity index (χ2v) is 7.31. The number of Topliss-reactive ketones (excluding diaryl/α,β-unsaturated/α-hetero) is 1. The first-order valence-electron chi connectivity index (χ1n) is 9.24. The average Bonchev–Trinajstić information content (AvgIpc) is 2.94. The summed E-state index contributed by atoms with van der Waals surface area (Å²) in [6, 6.07) is 0. The third kappa shape index (κ3) is 3.47. The lowest BCUT2D eigenvalue weighted by Crippen LogP contribution is -2.42. The number of ether oxygens (including phenoxy) is 1. The summed E-state index contributed by atoms with van der Waals surface area (Å²) in [7, 11) is 2.49. The molecule has 3 rings (SSSR count). The number of nitrogens with two attached hydrogens (primary N) is 1. The summed E-state index contributed by atoms with van der Waals surface area (Å²) >= 11 is 0. The molecule has 2 amide bonds. The lowest BCUT2D eigenvalue weighted by molar-refractivity contribution is -0.152. The molecule has 1 aromatic rings. The van der Waals surface area contributed by atoms with Gasteiger partial charge in [-0.25, -0.2) is 4.79 Å². The highest BCUT2D eigenvalue weighted by Crippen LogP contribution is 2.37. The van der Waals surface area contributed by atoms with Crippen LogP contribution in [0.5, 0.6) is 0 Å². The molecule has 2 aliphatic rings. The Morgan fingerprint density at radius 3 is 2.10 bits per heavy atom. The van der Waals surface area contributed by atoms with Crippen LogP contribution in [0.4, 0.5) is 5.82 Å². The van der Waals surface area contributed by atoms with E-state index in [0.29, 0.717) is 17.4 Å². The molecule has 2 heterocycles. The van der Waals surface area contributed by atoms with Gasteiger partial charge in [0.15, 0.2) is 6.61 Å². The number of nitrogen functional groups attached to an aromatic ring is 1. The van der Waals surface area contributed by atoms with Gasteiger partial charge < -0.3 is 10.5 Å². The van der Waals surface area contributed by atoms with Gasteiger partial charge in [-0.1, -0.05) is 12.8 Å². The van der Waals surface area contributed by atoms with Crippen molar-refractivity contribution in [3.05, 3.63) is 26.4 Å². The highest BCUT2D eigenvalue weighted by Gasteiger charge is 2.48. The van der Waals surface area contributed by atoms with Crippen LogP contribution < -0.4 is 17.0 Å². The van der Waals surface area contributed by atoms with Gasteiger partial charge in [-0.05, 0) is 12.8 Å². The molecule has 2 N–H and O–H groups in total. The van der Waals surface area contributed by atoms with Crippen LogP contribution in [0.25, 0.3) is 0 Å². The number of anilines is 1. The SMILES string of the molecule is Cn1c(N)c(C(=O)COC(=O)CN2C(=O)C3CCCCC3C2=O)c(=O)n(C)c1=O. The molecule has 2 atom stereocenters. The van der Waals surface area contributed by atoms with Crippen molar-refractivity contribution in [2.45, 2.75) is 25.7 Å². The summed E-state index contributed by atoms with van der Waals surface area (Å²) in [6.07, 6.45) is 2.97. The number of rotatable bonds is 5. The van der Waals surface area contributed by atoms with E-state index in [2.05, 4.69) is 0 Å². The van der Waals surface area contributed by atoms with Crippen LogP contribution in [0, 0.1) is 11.8 Å². The van der Waals surface area contributed by atoms with Gasteiger partial charge in [0.2, 0.25) is 17.6 Å². The maximum atomic E-state index is 12.4. The Labute approximate surface area is 165 Å². The Hall–Kier alpha value is -3.24. The van der Waals surface area contributed by atoms with E-state index in [1.54, 1.807) is 0 Å². The molecule has 11 heteroatoms. The van der Waals surface area contributed by atoms with Gasteiger partial charge >= 0.3 is 11.7 Å². The summed E-state index contributed by atoms with van der Waals surface area (Å²) in [6.45, 7) is -1.39. The summed E-state index contributed by atoms with van der Waals surface area (Å²) in [4.78, 5) is 74.0. The van der Waals surface area contributed by atoms with Gasteiger partial charge in [0, 0.05) is 14.1 Å². The Bertz CT molecular complexity index is 998. The van der Waals surface area contributed by atoms with Crippen LogP contribution in [0.15, 0.2) is 9.59 Å². The van der Waals surface area contributed by atoms with Crippen LogP contribution >= 0.6 is 0 Å². The van der Waals surface area contributed by atoms with Gasteiger partial charge in [-0.3, -0.25) is 38.0 Å². The number of nitrogens with zero attached hydrogens (tertiary/aromatic N) is 3. The molecular weight excluding hydrogens is 384 g/mol.